The molecule has 0 unspecified atom stereocenters. The van der Waals surface area contributed by atoms with E-state index in [2.05, 4.69) is 20.8 Å². The van der Waals surface area contributed by atoms with Gasteiger partial charge in [-0.05, 0) is 5.54 Å². The first-order chi connectivity index (χ1) is 6.02. The molecule has 3 nitrogen and oxygen atoms in total. The van der Waals surface area contributed by atoms with Gasteiger partial charge in [0.25, 0.3) is 0 Å². The van der Waals surface area contributed by atoms with E-state index in [1.54, 1.807) is 14.2 Å². The van der Waals surface area contributed by atoms with Gasteiger partial charge in [-0.2, -0.15) is 0 Å². The Morgan fingerprint density at radius 3 is 1.77 bits per heavy atom. The second kappa shape index (κ2) is 3.69. The minimum Gasteiger partial charge on any atom is -0.397 e. The van der Waals surface area contributed by atoms with Crippen molar-refractivity contribution in [3.63, 3.8) is 0 Å². The van der Waals surface area contributed by atoms with Crippen LogP contribution < -0.4 is 0 Å². The molecule has 13 heavy (non-hydrogen) atoms. The highest BCUT2D eigenvalue weighted by Gasteiger charge is 2.60. The molecule has 0 bridgehead atoms. The van der Waals surface area contributed by atoms with Gasteiger partial charge in [0, 0.05) is 14.2 Å². The third-order valence-corrected chi connectivity index (χ3v) is 7.75. The van der Waals surface area contributed by atoms with Crippen LogP contribution in [0.1, 0.15) is 20.8 Å². The van der Waals surface area contributed by atoms with Crippen molar-refractivity contribution in [3.05, 3.63) is 0 Å². The van der Waals surface area contributed by atoms with Gasteiger partial charge in [0.05, 0.1) is 18.3 Å². The summed E-state index contributed by atoms with van der Waals surface area (Å²) in [6.07, 6.45) is 0. The van der Waals surface area contributed by atoms with Crippen molar-refractivity contribution < 1.29 is 13.6 Å². The zero-order valence-electron chi connectivity index (χ0n) is 9.22. The van der Waals surface area contributed by atoms with E-state index in [-0.39, 0.29) is 5.04 Å². The molecule has 1 aliphatic heterocycles. The van der Waals surface area contributed by atoms with E-state index in [0.717, 1.165) is 13.2 Å². The summed E-state index contributed by atoms with van der Waals surface area (Å²) >= 11 is 0. The molecule has 0 amide bonds. The van der Waals surface area contributed by atoms with E-state index >= 15 is 0 Å². The van der Waals surface area contributed by atoms with Crippen LogP contribution in [-0.2, 0) is 13.6 Å². The van der Waals surface area contributed by atoms with Crippen LogP contribution in [0.15, 0.2) is 0 Å². The van der Waals surface area contributed by atoms with Gasteiger partial charge >= 0.3 is 8.56 Å². The lowest BCUT2D eigenvalue weighted by molar-refractivity contribution is -0.0396. The third kappa shape index (κ3) is 1.46. The molecule has 0 aliphatic carbocycles. The van der Waals surface area contributed by atoms with Crippen molar-refractivity contribution in [2.45, 2.75) is 31.4 Å². The normalized spacial score (nSPS) is 21.7. The maximum Gasteiger partial charge on any atom is 0.351 e. The second-order valence-corrected chi connectivity index (χ2v) is 8.80. The molecular formula is C9H20O3Si. The van der Waals surface area contributed by atoms with E-state index < -0.39 is 8.56 Å². The summed E-state index contributed by atoms with van der Waals surface area (Å²) in [5.41, 5.74) is 0.455. The number of hydrogen-bond acceptors (Lipinski definition) is 3. The fourth-order valence-corrected chi connectivity index (χ4v) is 6.45. The van der Waals surface area contributed by atoms with E-state index in [4.69, 9.17) is 13.6 Å². The predicted molar refractivity (Wildman–Crippen MR) is 54.1 cm³/mol. The molecule has 1 fully saturated rings. The van der Waals surface area contributed by atoms with Gasteiger partial charge < -0.3 is 13.6 Å². The van der Waals surface area contributed by atoms with Gasteiger partial charge in [-0.3, -0.25) is 0 Å². The van der Waals surface area contributed by atoms with E-state index in [1.165, 1.54) is 0 Å². The van der Waals surface area contributed by atoms with Gasteiger partial charge in [-0.25, -0.2) is 0 Å². The highest BCUT2D eigenvalue weighted by molar-refractivity contribution is 6.72. The molecule has 0 N–H and O–H groups in total. The van der Waals surface area contributed by atoms with E-state index in [1.807, 2.05) is 0 Å². The van der Waals surface area contributed by atoms with Gasteiger partial charge in [-0.1, -0.05) is 20.8 Å². The first kappa shape index (κ1) is 11.2. The highest BCUT2D eigenvalue weighted by atomic mass is 28.4. The molecule has 1 heterocycles. The minimum absolute atomic E-state index is 0.130. The van der Waals surface area contributed by atoms with Crippen molar-refractivity contribution in [1.29, 1.82) is 0 Å². The van der Waals surface area contributed by atoms with Crippen molar-refractivity contribution in [2.24, 2.45) is 0 Å². The fraction of sp³-hybridized carbons (Fsp3) is 1.00. The van der Waals surface area contributed by atoms with Crippen LogP contribution in [0.5, 0.6) is 0 Å². The minimum atomic E-state index is -2.09. The monoisotopic (exact) mass is 204 g/mol. The van der Waals surface area contributed by atoms with Gasteiger partial charge in [0.1, 0.15) is 0 Å². The number of hydrogen-bond donors (Lipinski definition) is 0. The third-order valence-electron chi connectivity index (χ3n) is 3.05. The van der Waals surface area contributed by atoms with Gasteiger partial charge in [0.2, 0.25) is 0 Å². The Labute approximate surface area is 81.6 Å². The maximum atomic E-state index is 5.69. The van der Waals surface area contributed by atoms with Crippen LogP contribution in [-0.4, -0.2) is 36.0 Å². The standard InChI is InChI=1S/C9H20O3Si/c1-8(2)13(10-4,11-5)9(3)6-12-7-9/h8H,6-7H2,1-5H3. The van der Waals surface area contributed by atoms with Crippen LogP contribution in [0, 0.1) is 0 Å². The zero-order valence-corrected chi connectivity index (χ0v) is 10.2. The van der Waals surface area contributed by atoms with Crippen molar-refractivity contribution in [2.75, 3.05) is 27.4 Å². The molecular weight excluding hydrogens is 184 g/mol. The molecule has 0 aromatic heterocycles. The van der Waals surface area contributed by atoms with Crippen LogP contribution in [0.3, 0.4) is 0 Å². The van der Waals surface area contributed by atoms with Crippen molar-refractivity contribution in [1.82, 2.24) is 0 Å². The lowest BCUT2D eigenvalue weighted by atomic mass is 10.1. The summed E-state index contributed by atoms with van der Waals surface area (Å²) < 4.78 is 16.7. The SMILES string of the molecule is CO[Si](OC)(C(C)C)C1(C)COC1. The number of ether oxygens (including phenoxy) is 1. The highest BCUT2D eigenvalue weighted by Crippen LogP contribution is 2.50. The topological polar surface area (TPSA) is 27.7 Å². The second-order valence-electron chi connectivity index (χ2n) is 4.28. The van der Waals surface area contributed by atoms with Crippen LogP contribution >= 0.6 is 0 Å². The Hall–Kier alpha value is 0.0969. The lowest BCUT2D eigenvalue weighted by Gasteiger charge is -2.50. The Morgan fingerprint density at radius 1 is 1.23 bits per heavy atom. The summed E-state index contributed by atoms with van der Waals surface area (Å²) in [6.45, 7) is 8.10. The average Bonchev–Trinajstić information content (AvgIpc) is 2.04. The largest absolute Gasteiger partial charge is 0.397 e. The quantitative estimate of drug-likeness (QED) is 0.655. The van der Waals surface area contributed by atoms with Crippen LogP contribution in [0.4, 0.5) is 0 Å². The Kier molecular flexibility index (Phi) is 3.17. The molecule has 0 saturated carbocycles. The average molecular weight is 204 g/mol. The van der Waals surface area contributed by atoms with Crippen molar-refractivity contribution in [3.8, 4) is 0 Å². The Morgan fingerprint density at radius 2 is 1.69 bits per heavy atom. The Bertz CT molecular complexity index is 174. The fourth-order valence-electron chi connectivity index (χ4n) is 2.35. The van der Waals surface area contributed by atoms with Gasteiger partial charge in [-0.15, -0.1) is 0 Å². The summed E-state index contributed by atoms with van der Waals surface area (Å²) in [4.78, 5) is 0. The molecule has 1 rings (SSSR count). The molecule has 1 saturated heterocycles. The molecule has 0 aromatic rings. The van der Waals surface area contributed by atoms with E-state index in [9.17, 15) is 0 Å². The van der Waals surface area contributed by atoms with Crippen LogP contribution in [0.25, 0.3) is 0 Å². The molecule has 0 radical (unpaired) electrons. The first-order valence-corrected chi connectivity index (χ1v) is 6.60. The molecule has 4 heteroatoms. The molecule has 78 valence electrons. The zero-order chi connectivity index (χ0) is 10.1. The molecule has 0 aromatic carbocycles. The number of rotatable bonds is 4. The summed E-state index contributed by atoms with van der Waals surface area (Å²) in [5, 5.41) is 0.130. The first-order valence-electron chi connectivity index (χ1n) is 4.70. The summed E-state index contributed by atoms with van der Waals surface area (Å²) in [6, 6.07) is 0. The molecule has 0 spiro atoms. The lowest BCUT2D eigenvalue weighted by Crippen LogP contribution is -2.61. The predicted octanol–water partition coefficient (Wildman–Crippen LogP) is 1.92. The molecule has 0 atom stereocenters. The maximum absolute atomic E-state index is 5.69. The van der Waals surface area contributed by atoms with E-state index in [0.29, 0.717) is 5.54 Å². The van der Waals surface area contributed by atoms with Crippen LogP contribution in [0.2, 0.25) is 10.6 Å². The van der Waals surface area contributed by atoms with Crippen molar-refractivity contribution >= 4 is 8.56 Å². The summed E-state index contributed by atoms with van der Waals surface area (Å²) in [5.74, 6) is 0. The Balaban J connectivity index is 2.87. The molecule has 1 aliphatic rings. The smallest absolute Gasteiger partial charge is 0.351 e. The van der Waals surface area contributed by atoms with Gasteiger partial charge in [0.15, 0.2) is 0 Å². The summed E-state index contributed by atoms with van der Waals surface area (Å²) in [7, 11) is 1.44.